The number of nitrogens with zero attached hydrogens (tertiary/aromatic N) is 2. The maximum absolute atomic E-state index is 11.8. The van der Waals surface area contributed by atoms with Gasteiger partial charge in [-0.15, -0.1) is 0 Å². The molecule has 0 radical (unpaired) electrons. The maximum atomic E-state index is 11.8. The summed E-state index contributed by atoms with van der Waals surface area (Å²) in [4.78, 5) is 25.7. The Kier molecular flexibility index (Phi) is 4.05. The number of ether oxygens (including phenoxy) is 1. The van der Waals surface area contributed by atoms with Crippen molar-refractivity contribution in [2.75, 3.05) is 0 Å². The van der Waals surface area contributed by atoms with Crippen molar-refractivity contribution in [2.24, 2.45) is 0 Å². The van der Waals surface area contributed by atoms with E-state index in [4.69, 9.17) is 4.74 Å². The molecule has 20 heavy (non-hydrogen) atoms. The fourth-order valence-corrected chi connectivity index (χ4v) is 1.61. The molecular weight excluding hydrogens is 260 g/mol. The lowest BCUT2D eigenvalue weighted by atomic mass is 10.2. The molecule has 0 fully saturated rings. The van der Waals surface area contributed by atoms with Gasteiger partial charge < -0.3 is 4.74 Å². The molecule has 2 rings (SSSR count). The number of hydrogen-bond donors (Lipinski definition) is 0. The number of non-ortho nitro benzene ring substituents is 1. The van der Waals surface area contributed by atoms with Crippen molar-refractivity contribution >= 4 is 11.7 Å². The highest BCUT2D eigenvalue weighted by molar-refractivity contribution is 5.89. The number of carbonyl (C=O) groups excluding carboxylic acids is 1. The van der Waals surface area contributed by atoms with E-state index in [0.717, 1.165) is 5.56 Å². The van der Waals surface area contributed by atoms with Crippen LogP contribution in [0.5, 0.6) is 0 Å². The third kappa shape index (κ3) is 3.38. The summed E-state index contributed by atoms with van der Waals surface area (Å²) in [6.07, 6.45) is 3.08. The van der Waals surface area contributed by atoms with Gasteiger partial charge in [0, 0.05) is 24.5 Å². The number of esters is 1. The molecule has 0 saturated carbocycles. The van der Waals surface area contributed by atoms with Gasteiger partial charge in [0.05, 0.1) is 10.5 Å². The molecule has 0 amide bonds. The average molecular weight is 272 g/mol. The Morgan fingerprint density at radius 2 is 2.00 bits per heavy atom. The van der Waals surface area contributed by atoms with E-state index >= 15 is 0 Å². The van der Waals surface area contributed by atoms with Gasteiger partial charge in [-0.25, -0.2) is 4.79 Å². The van der Waals surface area contributed by atoms with Gasteiger partial charge >= 0.3 is 5.97 Å². The first-order valence-electron chi connectivity index (χ1n) is 5.88. The second kappa shape index (κ2) is 5.92. The Morgan fingerprint density at radius 3 is 2.60 bits per heavy atom. The average Bonchev–Trinajstić information content (AvgIpc) is 2.45. The van der Waals surface area contributed by atoms with E-state index in [2.05, 4.69) is 4.98 Å². The monoisotopic (exact) mass is 272 g/mol. The SMILES string of the molecule is Cc1cncc(C(=O)OCc2ccc([N+](=O)[O-])cc2)c1. The van der Waals surface area contributed by atoms with Crippen LogP contribution in [-0.4, -0.2) is 15.9 Å². The summed E-state index contributed by atoms with van der Waals surface area (Å²) in [5.41, 5.74) is 1.94. The summed E-state index contributed by atoms with van der Waals surface area (Å²) in [6.45, 7) is 1.89. The number of nitro groups is 1. The quantitative estimate of drug-likeness (QED) is 0.485. The molecule has 0 spiro atoms. The molecule has 1 aromatic carbocycles. The van der Waals surface area contributed by atoms with Crippen LogP contribution in [0.25, 0.3) is 0 Å². The third-order valence-corrected chi connectivity index (χ3v) is 2.63. The molecule has 0 saturated heterocycles. The number of hydrogen-bond acceptors (Lipinski definition) is 5. The van der Waals surface area contributed by atoms with Gasteiger partial charge in [0.2, 0.25) is 0 Å². The molecule has 0 aliphatic rings. The predicted octanol–water partition coefficient (Wildman–Crippen LogP) is 2.66. The molecule has 0 aliphatic heterocycles. The van der Waals surface area contributed by atoms with Gasteiger partial charge in [-0.05, 0) is 36.2 Å². The normalized spacial score (nSPS) is 10.1. The summed E-state index contributed by atoms with van der Waals surface area (Å²) in [6, 6.07) is 7.54. The van der Waals surface area contributed by atoms with Crippen LogP contribution >= 0.6 is 0 Å². The van der Waals surface area contributed by atoms with Crippen molar-refractivity contribution in [2.45, 2.75) is 13.5 Å². The Labute approximate surface area is 115 Å². The second-order valence-corrected chi connectivity index (χ2v) is 4.25. The molecule has 6 nitrogen and oxygen atoms in total. The van der Waals surface area contributed by atoms with Crippen molar-refractivity contribution in [3.05, 3.63) is 69.5 Å². The van der Waals surface area contributed by atoms with Crippen molar-refractivity contribution in [3.8, 4) is 0 Å². The Bertz CT molecular complexity index is 638. The van der Waals surface area contributed by atoms with Gasteiger partial charge in [-0.3, -0.25) is 15.1 Å². The van der Waals surface area contributed by atoms with Gasteiger partial charge in [-0.1, -0.05) is 0 Å². The minimum Gasteiger partial charge on any atom is -0.457 e. The van der Waals surface area contributed by atoms with Crippen LogP contribution in [0.3, 0.4) is 0 Å². The highest BCUT2D eigenvalue weighted by Crippen LogP contribution is 2.13. The van der Waals surface area contributed by atoms with E-state index in [9.17, 15) is 14.9 Å². The van der Waals surface area contributed by atoms with E-state index in [0.29, 0.717) is 11.1 Å². The van der Waals surface area contributed by atoms with Gasteiger partial charge in [0.15, 0.2) is 0 Å². The highest BCUT2D eigenvalue weighted by atomic mass is 16.6. The molecule has 1 aromatic heterocycles. The number of carbonyl (C=O) groups is 1. The zero-order chi connectivity index (χ0) is 14.5. The molecule has 6 heteroatoms. The van der Waals surface area contributed by atoms with E-state index in [-0.39, 0.29) is 12.3 Å². The second-order valence-electron chi connectivity index (χ2n) is 4.25. The van der Waals surface area contributed by atoms with Crippen LogP contribution in [0.2, 0.25) is 0 Å². The van der Waals surface area contributed by atoms with Gasteiger partial charge in [0.25, 0.3) is 5.69 Å². The van der Waals surface area contributed by atoms with Gasteiger partial charge in [-0.2, -0.15) is 0 Å². The highest BCUT2D eigenvalue weighted by Gasteiger charge is 2.09. The Balaban J connectivity index is 1.98. The van der Waals surface area contributed by atoms with E-state index in [1.165, 1.54) is 18.3 Å². The number of benzene rings is 1. The molecule has 2 aromatic rings. The lowest BCUT2D eigenvalue weighted by molar-refractivity contribution is -0.384. The summed E-state index contributed by atoms with van der Waals surface area (Å²) in [5.74, 6) is -0.473. The topological polar surface area (TPSA) is 82.3 Å². The third-order valence-electron chi connectivity index (χ3n) is 2.63. The molecule has 1 heterocycles. The van der Waals surface area contributed by atoms with E-state index in [1.54, 1.807) is 24.4 Å². The number of rotatable bonds is 4. The predicted molar refractivity (Wildman–Crippen MR) is 71.2 cm³/mol. The number of aromatic nitrogens is 1. The maximum Gasteiger partial charge on any atom is 0.340 e. The summed E-state index contributed by atoms with van der Waals surface area (Å²) in [7, 11) is 0. The van der Waals surface area contributed by atoms with Gasteiger partial charge in [0.1, 0.15) is 6.61 Å². The smallest absolute Gasteiger partial charge is 0.340 e. The zero-order valence-corrected chi connectivity index (χ0v) is 10.8. The molecule has 0 unspecified atom stereocenters. The number of pyridine rings is 1. The summed E-state index contributed by atoms with van der Waals surface area (Å²) in [5, 5.41) is 10.5. The molecule has 0 atom stereocenters. The van der Waals surface area contributed by atoms with Crippen LogP contribution in [0.15, 0.2) is 42.7 Å². The number of nitro benzene ring substituents is 1. The lowest BCUT2D eigenvalue weighted by Crippen LogP contribution is -2.06. The lowest BCUT2D eigenvalue weighted by Gasteiger charge is -2.05. The standard InChI is InChI=1S/C14H12N2O4/c1-10-6-12(8-15-7-10)14(17)20-9-11-2-4-13(5-3-11)16(18)19/h2-8H,9H2,1H3. The van der Waals surface area contributed by atoms with Crippen molar-refractivity contribution in [3.63, 3.8) is 0 Å². The minimum absolute atomic E-state index is 0.00274. The summed E-state index contributed by atoms with van der Waals surface area (Å²) < 4.78 is 5.12. The fraction of sp³-hybridized carbons (Fsp3) is 0.143. The first-order valence-corrected chi connectivity index (χ1v) is 5.88. The van der Waals surface area contributed by atoms with Crippen LogP contribution < -0.4 is 0 Å². The molecule has 102 valence electrons. The van der Waals surface area contributed by atoms with E-state index < -0.39 is 10.9 Å². The minimum atomic E-state index is -0.478. The first-order chi connectivity index (χ1) is 9.56. The molecule has 0 N–H and O–H groups in total. The Morgan fingerprint density at radius 1 is 1.30 bits per heavy atom. The Hall–Kier alpha value is -2.76. The molecule has 0 aliphatic carbocycles. The van der Waals surface area contributed by atoms with Crippen molar-refractivity contribution in [1.29, 1.82) is 0 Å². The van der Waals surface area contributed by atoms with Crippen molar-refractivity contribution in [1.82, 2.24) is 4.98 Å². The molecule has 0 bridgehead atoms. The fourth-order valence-electron chi connectivity index (χ4n) is 1.61. The van der Waals surface area contributed by atoms with Crippen LogP contribution in [-0.2, 0) is 11.3 Å². The van der Waals surface area contributed by atoms with Crippen molar-refractivity contribution < 1.29 is 14.5 Å². The largest absolute Gasteiger partial charge is 0.457 e. The number of aryl methyl sites for hydroxylation is 1. The van der Waals surface area contributed by atoms with Crippen LogP contribution in [0, 0.1) is 17.0 Å². The molecular formula is C14H12N2O4. The van der Waals surface area contributed by atoms with E-state index in [1.807, 2.05) is 6.92 Å². The summed E-state index contributed by atoms with van der Waals surface area (Å²) >= 11 is 0. The first kappa shape index (κ1) is 13.7. The van der Waals surface area contributed by atoms with Crippen LogP contribution in [0.4, 0.5) is 5.69 Å². The van der Waals surface area contributed by atoms with Crippen LogP contribution in [0.1, 0.15) is 21.5 Å². The zero-order valence-electron chi connectivity index (χ0n) is 10.8.